The van der Waals surface area contributed by atoms with Crippen molar-refractivity contribution in [2.45, 2.75) is 119 Å². The largest absolute Gasteiger partial charge is 0.265 e. The quantitative estimate of drug-likeness (QED) is 0.117. The Labute approximate surface area is 535 Å². The standard InChI is InChI=1S/2C19H18N2.C18H17N3.3C8H11N/c1-14(2)19-20-17(15-9-5-3-6-10-15)13-18(21-19)16-11-7-4-8-12-16;1-14(2)17-13-18(15-9-5-3-6-10-15)21-19(20-17)16-11-7-4-8-12-16;1-13(2)16-19-17(14-9-5-3-6-10-14)21-18(20-16)15-11-7-4-8-12-15;1-7(2)8-3-5-9-6-4-8;1-7(2)8-4-3-5-9-6-8;1-7(2)8-5-3-4-6-9-8/h2*3-14H,1-2H3;3-13H,1-2H3;3*3-7H,1-2H3. The second-order valence-corrected chi connectivity index (χ2v) is 23.3. The summed E-state index contributed by atoms with van der Waals surface area (Å²) < 4.78 is 0. The monoisotopic (exact) mass is 1190 g/mol. The molecule has 0 fully saturated rings. The maximum atomic E-state index is 4.75. The molecule has 6 aromatic heterocycles. The van der Waals surface area contributed by atoms with Gasteiger partial charge in [0.15, 0.2) is 17.5 Å². The molecule has 12 aromatic rings. The Morgan fingerprint density at radius 3 is 0.933 bits per heavy atom. The van der Waals surface area contributed by atoms with Gasteiger partial charge in [-0.3, -0.25) is 15.0 Å². The maximum absolute atomic E-state index is 4.75. The summed E-state index contributed by atoms with van der Waals surface area (Å²) in [6, 6.07) is 79.3. The van der Waals surface area contributed by atoms with Crippen molar-refractivity contribution in [2.24, 2.45) is 0 Å². The lowest BCUT2D eigenvalue weighted by Gasteiger charge is -2.10. The summed E-state index contributed by atoms with van der Waals surface area (Å²) in [6.45, 7) is 25.7. The third-order valence-corrected chi connectivity index (χ3v) is 14.1. The molecule has 0 N–H and O–H groups in total. The van der Waals surface area contributed by atoms with Gasteiger partial charge in [-0.2, -0.15) is 0 Å². The molecule has 0 saturated heterocycles. The Kier molecular flexibility index (Phi) is 26.7. The summed E-state index contributed by atoms with van der Waals surface area (Å²) in [4.78, 5) is 44.9. The highest BCUT2D eigenvalue weighted by atomic mass is 15.0. The molecular weight excluding hydrogens is 1100 g/mol. The molecule has 456 valence electrons. The van der Waals surface area contributed by atoms with Gasteiger partial charge in [0.1, 0.15) is 11.6 Å². The molecule has 12 rings (SSSR count). The van der Waals surface area contributed by atoms with E-state index in [1.54, 1.807) is 6.20 Å². The van der Waals surface area contributed by atoms with E-state index in [0.29, 0.717) is 29.6 Å². The predicted molar refractivity (Wildman–Crippen MR) is 374 cm³/mol. The van der Waals surface area contributed by atoms with Crippen LogP contribution in [-0.4, -0.2) is 49.8 Å². The maximum Gasteiger partial charge on any atom is 0.163 e. The number of rotatable bonds is 12. The summed E-state index contributed by atoms with van der Waals surface area (Å²) in [5.41, 5.74) is 14.3. The molecule has 90 heavy (non-hydrogen) atoms. The molecule has 0 amide bonds. The van der Waals surface area contributed by atoms with Crippen LogP contribution in [0, 0.1) is 0 Å². The molecule has 6 heterocycles. The van der Waals surface area contributed by atoms with Crippen molar-refractivity contribution in [3.8, 4) is 67.9 Å². The smallest absolute Gasteiger partial charge is 0.163 e. The lowest BCUT2D eigenvalue weighted by atomic mass is 10.1. The minimum Gasteiger partial charge on any atom is -0.265 e. The summed E-state index contributed by atoms with van der Waals surface area (Å²) >= 11 is 0. The lowest BCUT2D eigenvalue weighted by molar-refractivity contribution is 0.766. The van der Waals surface area contributed by atoms with Crippen LogP contribution in [0.1, 0.15) is 153 Å². The first-order valence-electron chi connectivity index (χ1n) is 31.2. The van der Waals surface area contributed by atoms with Crippen LogP contribution < -0.4 is 0 Å². The minimum atomic E-state index is 0.262. The fourth-order valence-corrected chi connectivity index (χ4v) is 8.74. The lowest BCUT2D eigenvalue weighted by Crippen LogP contribution is -2.04. The van der Waals surface area contributed by atoms with Crippen LogP contribution in [0.2, 0.25) is 0 Å². The second-order valence-electron chi connectivity index (χ2n) is 23.3. The van der Waals surface area contributed by atoms with Gasteiger partial charge in [-0.25, -0.2) is 34.9 Å². The van der Waals surface area contributed by atoms with Crippen molar-refractivity contribution in [3.63, 3.8) is 0 Å². The van der Waals surface area contributed by atoms with E-state index in [4.69, 9.17) is 19.9 Å². The molecule has 0 atom stereocenters. The van der Waals surface area contributed by atoms with Crippen molar-refractivity contribution in [2.75, 3.05) is 0 Å². The summed E-state index contributed by atoms with van der Waals surface area (Å²) in [5, 5.41) is 0. The summed E-state index contributed by atoms with van der Waals surface area (Å²) in [7, 11) is 0. The molecule has 0 unspecified atom stereocenters. The van der Waals surface area contributed by atoms with Gasteiger partial charge in [-0.15, -0.1) is 0 Å². The van der Waals surface area contributed by atoms with E-state index in [-0.39, 0.29) is 5.92 Å². The van der Waals surface area contributed by atoms with Crippen molar-refractivity contribution in [1.82, 2.24) is 49.8 Å². The topological polar surface area (TPSA) is 129 Å². The van der Waals surface area contributed by atoms with E-state index in [0.717, 1.165) is 91.0 Å². The van der Waals surface area contributed by atoms with Gasteiger partial charge < -0.3 is 0 Å². The van der Waals surface area contributed by atoms with E-state index in [2.05, 4.69) is 168 Å². The predicted octanol–water partition coefficient (Wildman–Crippen LogP) is 20.8. The first-order chi connectivity index (χ1) is 43.6. The van der Waals surface area contributed by atoms with Gasteiger partial charge in [-0.1, -0.05) is 277 Å². The summed E-state index contributed by atoms with van der Waals surface area (Å²) in [6.07, 6.45) is 9.19. The second kappa shape index (κ2) is 35.7. The first kappa shape index (κ1) is 67.4. The number of benzene rings is 6. The average Bonchev–Trinajstić information content (AvgIpc) is 2.72. The molecule has 0 aliphatic rings. The van der Waals surface area contributed by atoms with Crippen LogP contribution in [0.3, 0.4) is 0 Å². The van der Waals surface area contributed by atoms with Crippen LogP contribution in [0.15, 0.2) is 268 Å². The zero-order valence-electron chi connectivity index (χ0n) is 54.3. The molecule has 0 bridgehead atoms. The van der Waals surface area contributed by atoms with Crippen LogP contribution in [-0.2, 0) is 0 Å². The van der Waals surface area contributed by atoms with Crippen LogP contribution in [0.5, 0.6) is 0 Å². The molecule has 6 aromatic carbocycles. The molecule has 0 aliphatic heterocycles. The number of nitrogens with zero attached hydrogens (tertiary/aromatic N) is 10. The zero-order chi connectivity index (χ0) is 64.0. The van der Waals surface area contributed by atoms with Gasteiger partial charge in [-0.05, 0) is 77.3 Å². The number of hydrogen-bond donors (Lipinski definition) is 0. The SMILES string of the molecule is CC(C)c1cc(-c2ccccc2)nc(-c2ccccc2)n1.CC(C)c1ccccn1.CC(C)c1cccnc1.CC(C)c1ccncc1.CC(C)c1nc(-c2ccccc2)cc(-c2ccccc2)n1.CC(C)c1nc(-c2ccccc2)nc(-c2ccccc2)n1. The molecule has 0 spiro atoms. The molecule has 10 heteroatoms. The van der Waals surface area contributed by atoms with E-state index < -0.39 is 0 Å². The Morgan fingerprint density at radius 1 is 0.233 bits per heavy atom. The van der Waals surface area contributed by atoms with Crippen molar-refractivity contribution >= 4 is 0 Å². The Balaban J connectivity index is 0.000000160. The highest BCUT2D eigenvalue weighted by Gasteiger charge is 2.14. The third-order valence-electron chi connectivity index (χ3n) is 14.1. The van der Waals surface area contributed by atoms with E-state index in [9.17, 15) is 0 Å². The van der Waals surface area contributed by atoms with Crippen molar-refractivity contribution < 1.29 is 0 Å². The summed E-state index contributed by atoms with van der Waals surface area (Å²) in [5.74, 6) is 6.66. The Bertz CT molecular complexity index is 3330. The minimum absolute atomic E-state index is 0.262. The van der Waals surface area contributed by atoms with E-state index >= 15 is 0 Å². The van der Waals surface area contributed by atoms with Gasteiger partial charge in [0, 0.05) is 87.6 Å². The average molecular weight is 1190 g/mol. The zero-order valence-corrected chi connectivity index (χ0v) is 54.3. The highest BCUT2D eigenvalue weighted by molar-refractivity contribution is 5.68. The van der Waals surface area contributed by atoms with Gasteiger partial charge in [0.2, 0.25) is 0 Å². The number of pyridine rings is 3. The number of aromatic nitrogens is 10. The molecule has 0 aliphatic carbocycles. The van der Waals surface area contributed by atoms with Crippen molar-refractivity contribution in [3.05, 3.63) is 302 Å². The van der Waals surface area contributed by atoms with Crippen LogP contribution in [0.25, 0.3) is 67.9 Å². The van der Waals surface area contributed by atoms with Gasteiger partial charge in [0.25, 0.3) is 0 Å². The highest BCUT2D eigenvalue weighted by Crippen LogP contribution is 2.28. The third kappa shape index (κ3) is 21.7. The fraction of sp³-hybridized carbons (Fsp3) is 0.225. The molecule has 0 radical (unpaired) electrons. The molecule has 0 saturated carbocycles. The van der Waals surface area contributed by atoms with Gasteiger partial charge in [0.05, 0.1) is 17.1 Å². The number of hydrogen-bond acceptors (Lipinski definition) is 10. The van der Waals surface area contributed by atoms with Gasteiger partial charge >= 0.3 is 0 Å². The molecular formula is C80H86N10. The molecule has 10 nitrogen and oxygen atoms in total. The Hall–Kier alpha value is -10.1. The van der Waals surface area contributed by atoms with E-state index in [1.807, 2.05) is 207 Å². The van der Waals surface area contributed by atoms with Crippen LogP contribution >= 0.6 is 0 Å². The van der Waals surface area contributed by atoms with E-state index in [1.165, 1.54) is 11.1 Å². The van der Waals surface area contributed by atoms with Crippen molar-refractivity contribution in [1.29, 1.82) is 0 Å². The normalized spacial score (nSPS) is 10.6. The Morgan fingerprint density at radius 2 is 0.611 bits per heavy atom. The van der Waals surface area contributed by atoms with Crippen LogP contribution in [0.4, 0.5) is 0 Å². The first-order valence-corrected chi connectivity index (χ1v) is 31.2. The fourth-order valence-electron chi connectivity index (χ4n) is 8.74.